The summed E-state index contributed by atoms with van der Waals surface area (Å²) in [5, 5.41) is 14.7. The second kappa shape index (κ2) is 9.44. The number of aliphatic carboxylic acids is 1. The van der Waals surface area contributed by atoms with Crippen molar-refractivity contribution in [3.05, 3.63) is 59.7 Å². The molecule has 1 heterocycles. The highest BCUT2D eigenvalue weighted by atomic mass is 16.5. The Hall–Kier alpha value is -3.43. The van der Waals surface area contributed by atoms with Crippen LogP contribution in [0.15, 0.2) is 48.5 Å². The molecule has 34 heavy (non-hydrogen) atoms. The van der Waals surface area contributed by atoms with E-state index >= 15 is 0 Å². The van der Waals surface area contributed by atoms with Crippen LogP contribution in [0, 0.1) is 0 Å². The van der Waals surface area contributed by atoms with Crippen LogP contribution in [0.5, 0.6) is 0 Å². The van der Waals surface area contributed by atoms with E-state index in [9.17, 15) is 19.5 Å². The number of carbonyl (C=O) groups excluding carboxylic acids is 2. The van der Waals surface area contributed by atoms with Gasteiger partial charge >= 0.3 is 12.1 Å². The van der Waals surface area contributed by atoms with E-state index in [2.05, 4.69) is 10.6 Å². The summed E-state index contributed by atoms with van der Waals surface area (Å²) in [7, 11) is 1.39. The van der Waals surface area contributed by atoms with Crippen molar-refractivity contribution in [3.8, 4) is 11.1 Å². The average Bonchev–Trinajstić information content (AvgIpc) is 3.41. The van der Waals surface area contributed by atoms with E-state index in [1.165, 1.54) is 14.0 Å². The zero-order chi connectivity index (χ0) is 24.3. The van der Waals surface area contributed by atoms with Crippen molar-refractivity contribution in [2.75, 3.05) is 33.5 Å². The summed E-state index contributed by atoms with van der Waals surface area (Å²) < 4.78 is 15.9. The van der Waals surface area contributed by atoms with Crippen LogP contribution in [0.4, 0.5) is 4.79 Å². The Balaban J connectivity index is 1.45. The molecule has 0 aromatic heterocycles. The van der Waals surface area contributed by atoms with Gasteiger partial charge in [-0.15, -0.1) is 0 Å². The molecular weight excluding hydrogens is 440 g/mol. The quantitative estimate of drug-likeness (QED) is 0.543. The normalized spacial score (nSPS) is 20.6. The molecule has 180 valence electrons. The molecule has 1 saturated heterocycles. The van der Waals surface area contributed by atoms with Gasteiger partial charge in [0.05, 0.1) is 13.2 Å². The van der Waals surface area contributed by atoms with E-state index in [1.807, 2.05) is 48.5 Å². The molecule has 2 unspecified atom stereocenters. The standard InChI is InChI=1S/C25H28N2O7/c1-24(14-32-2,21(28)26-25(22(29)30)11-12-33-15-25)27-23(31)34-13-20-18-9-5-3-7-16(18)17-8-4-6-10-19(17)20/h3-10,20H,11-15H2,1-2H3,(H,26,28)(H,27,31)(H,29,30). The van der Waals surface area contributed by atoms with E-state index in [0.29, 0.717) is 0 Å². The fraction of sp³-hybridized carbons (Fsp3) is 0.400. The highest BCUT2D eigenvalue weighted by molar-refractivity contribution is 5.94. The third-order valence-electron chi connectivity index (χ3n) is 6.44. The predicted molar refractivity (Wildman–Crippen MR) is 122 cm³/mol. The number of nitrogens with one attached hydrogen (secondary N) is 2. The Bertz CT molecular complexity index is 1050. The minimum absolute atomic E-state index is 0.0808. The maximum absolute atomic E-state index is 13.1. The Morgan fingerprint density at radius 3 is 2.26 bits per heavy atom. The van der Waals surface area contributed by atoms with Crippen LogP contribution in [0.2, 0.25) is 0 Å². The summed E-state index contributed by atoms with van der Waals surface area (Å²) >= 11 is 0. The molecule has 9 heteroatoms. The first-order chi connectivity index (χ1) is 16.3. The highest BCUT2D eigenvalue weighted by Gasteiger charge is 2.48. The maximum Gasteiger partial charge on any atom is 0.408 e. The Labute approximate surface area is 197 Å². The van der Waals surface area contributed by atoms with Crippen LogP contribution in [0.25, 0.3) is 11.1 Å². The van der Waals surface area contributed by atoms with Gasteiger partial charge in [-0.05, 0) is 29.2 Å². The fourth-order valence-corrected chi connectivity index (χ4v) is 4.55. The number of carboxylic acid groups (broad SMARTS) is 1. The lowest BCUT2D eigenvalue weighted by atomic mass is 9.95. The molecule has 0 spiro atoms. The number of hydrogen-bond acceptors (Lipinski definition) is 6. The number of carbonyl (C=O) groups is 3. The topological polar surface area (TPSA) is 123 Å². The van der Waals surface area contributed by atoms with E-state index < -0.39 is 29.0 Å². The summed E-state index contributed by atoms with van der Waals surface area (Å²) in [6, 6.07) is 15.9. The summed E-state index contributed by atoms with van der Waals surface area (Å²) in [5.41, 5.74) is 1.25. The molecule has 2 aromatic carbocycles. The van der Waals surface area contributed by atoms with Gasteiger partial charge in [0.1, 0.15) is 12.1 Å². The first kappa shape index (κ1) is 23.7. The van der Waals surface area contributed by atoms with Crippen LogP contribution in [0.1, 0.15) is 30.4 Å². The number of methoxy groups -OCH3 is 1. The second-order valence-corrected chi connectivity index (χ2v) is 8.86. The fourth-order valence-electron chi connectivity index (χ4n) is 4.55. The van der Waals surface area contributed by atoms with Crippen molar-refractivity contribution in [2.45, 2.75) is 30.3 Å². The molecular formula is C25H28N2O7. The first-order valence-corrected chi connectivity index (χ1v) is 11.1. The molecule has 4 rings (SSSR count). The van der Waals surface area contributed by atoms with Gasteiger partial charge in [-0.2, -0.15) is 0 Å². The van der Waals surface area contributed by atoms with Crippen molar-refractivity contribution < 1.29 is 33.7 Å². The molecule has 0 saturated carbocycles. The predicted octanol–water partition coefficient (Wildman–Crippen LogP) is 2.29. The lowest BCUT2D eigenvalue weighted by Gasteiger charge is -2.33. The Kier molecular flexibility index (Phi) is 6.58. The number of fused-ring (bicyclic) bond motifs is 3. The zero-order valence-corrected chi connectivity index (χ0v) is 19.1. The van der Waals surface area contributed by atoms with Gasteiger partial charge < -0.3 is 30.0 Å². The van der Waals surface area contributed by atoms with Crippen molar-refractivity contribution in [3.63, 3.8) is 0 Å². The molecule has 0 radical (unpaired) electrons. The van der Waals surface area contributed by atoms with Crippen LogP contribution in [-0.4, -0.2) is 67.7 Å². The molecule has 1 fully saturated rings. The molecule has 3 N–H and O–H groups in total. The van der Waals surface area contributed by atoms with Gasteiger partial charge in [0.2, 0.25) is 5.91 Å². The lowest BCUT2D eigenvalue weighted by Crippen LogP contribution is -2.66. The Morgan fingerprint density at radius 1 is 1.12 bits per heavy atom. The molecule has 9 nitrogen and oxygen atoms in total. The Morgan fingerprint density at radius 2 is 1.74 bits per heavy atom. The third-order valence-corrected chi connectivity index (χ3v) is 6.44. The number of ether oxygens (including phenoxy) is 3. The molecule has 2 amide bonds. The minimum atomic E-state index is -1.55. The summed E-state index contributed by atoms with van der Waals surface area (Å²) in [5.74, 6) is -2.03. The minimum Gasteiger partial charge on any atom is -0.479 e. The third kappa shape index (κ3) is 4.36. The smallest absolute Gasteiger partial charge is 0.408 e. The van der Waals surface area contributed by atoms with Crippen LogP contribution >= 0.6 is 0 Å². The maximum atomic E-state index is 13.1. The van der Waals surface area contributed by atoms with Gasteiger partial charge in [0.15, 0.2) is 5.54 Å². The van der Waals surface area contributed by atoms with Gasteiger partial charge in [0, 0.05) is 26.1 Å². The van der Waals surface area contributed by atoms with Crippen molar-refractivity contribution >= 4 is 18.0 Å². The van der Waals surface area contributed by atoms with Crippen LogP contribution in [-0.2, 0) is 23.8 Å². The summed E-state index contributed by atoms with van der Waals surface area (Å²) in [6.45, 7) is 1.42. The summed E-state index contributed by atoms with van der Waals surface area (Å²) in [4.78, 5) is 37.6. The molecule has 2 aromatic rings. The van der Waals surface area contributed by atoms with Crippen LogP contribution < -0.4 is 10.6 Å². The van der Waals surface area contributed by atoms with E-state index in [0.717, 1.165) is 22.3 Å². The SMILES string of the molecule is COCC(C)(NC(=O)OCC1c2ccccc2-c2ccccc21)C(=O)NC1(C(=O)O)CCOC1. The number of amides is 2. The van der Waals surface area contributed by atoms with E-state index in [1.54, 1.807) is 0 Å². The van der Waals surface area contributed by atoms with Crippen molar-refractivity contribution in [1.82, 2.24) is 10.6 Å². The highest BCUT2D eigenvalue weighted by Crippen LogP contribution is 2.44. The average molecular weight is 469 g/mol. The lowest BCUT2D eigenvalue weighted by molar-refractivity contribution is -0.149. The molecule has 2 atom stereocenters. The molecule has 0 bridgehead atoms. The molecule has 1 aliphatic carbocycles. The number of carboxylic acids is 1. The monoisotopic (exact) mass is 468 g/mol. The van der Waals surface area contributed by atoms with Gasteiger partial charge in [0.25, 0.3) is 0 Å². The van der Waals surface area contributed by atoms with Crippen molar-refractivity contribution in [1.29, 1.82) is 0 Å². The van der Waals surface area contributed by atoms with E-state index in [-0.39, 0.29) is 38.8 Å². The number of hydrogen-bond donors (Lipinski definition) is 3. The van der Waals surface area contributed by atoms with Crippen molar-refractivity contribution in [2.24, 2.45) is 0 Å². The number of benzene rings is 2. The summed E-state index contributed by atoms with van der Waals surface area (Å²) in [6.07, 6.45) is -0.675. The van der Waals surface area contributed by atoms with E-state index in [4.69, 9.17) is 14.2 Å². The molecule has 1 aliphatic heterocycles. The largest absolute Gasteiger partial charge is 0.479 e. The molecule has 2 aliphatic rings. The number of rotatable bonds is 8. The second-order valence-electron chi connectivity index (χ2n) is 8.86. The zero-order valence-electron chi connectivity index (χ0n) is 19.1. The van der Waals surface area contributed by atoms with Gasteiger partial charge in [-0.3, -0.25) is 4.79 Å². The first-order valence-electron chi connectivity index (χ1n) is 11.1. The van der Waals surface area contributed by atoms with Gasteiger partial charge in [-0.25, -0.2) is 9.59 Å². The van der Waals surface area contributed by atoms with Gasteiger partial charge in [-0.1, -0.05) is 48.5 Å². The van der Waals surface area contributed by atoms with Crippen LogP contribution in [0.3, 0.4) is 0 Å². The number of alkyl carbamates (subject to hydrolysis) is 1.